The van der Waals surface area contributed by atoms with Crippen molar-refractivity contribution in [3.05, 3.63) is 33.9 Å². The smallest absolute Gasteiger partial charge is 0.293 e. The third-order valence-corrected chi connectivity index (χ3v) is 6.21. The maximum Gasteiger partial charge on any atom is 0.293 e. The molecule has 8 nitrogen and oxygen atoms in total. The molecule has 2 heterocycles. The highest BCUT2D eigenvalue weighted by Crippen LogP contribution is 2.33. The Morgan fingerprint density at radius 3 is 2.63 bits per heavy atom. The van der Waals surface area contributed by atoms with Crippen LogP contribution < -0.4 is 10.2 Å². The molecule has 0 bridgehead atoms. The maximum atomic E-state index is 13.2. The molecule has 164 valence electrons. The number of anilines is 1. The van der Waals surface area contributed by atoms with E-state index in [4.69, 9.17) is 0 Å². The molecule has 30 heavy (non-hydrogen) atoms. The van der Waals surface area contributed by atoms with Gasteiger partial charge in [0.1, 0.15) is 5.69 Å². The molecule has 1 aromatic carbocycles. The van der Waals surface area contributed by atoms with Crippen molar-refractivity contribution in [3.63, 3.8) is 0 Å². The van der Waals surface area contributed by atoms with Gasteiger partial charge in [0, 0.05) is 43.9 Å². The molecule has 0 radical (unpaired) electrons. The van der Waals surface area contributed by atoms with Gasteiger partial charge in [-0.2, -0.15) is 0 Å². The summed E-state index contributed by atoms with van der Waals surface area (Å²) in [5.74, 6) is -0.492. The lowest BCUT2D eigenvalue weighted by Crippen LogP contribution is -2.49. The Balaban J connectivity index is 1.76. The van der Waals surface area contributed by atoms with Crippen molar-refractivity contribution in [1.29, 1.82) is 0 Å². The second-order valence-corrected chi connectivity index (χ2v) is 8.38. The van der Waals surface area contributed by atoms with E-state index in [2.05, 4.69) is 12.2 Å². The Morgan fingerprint density at radius 1 is 1.23 bits per heavy atom. The highest BCUT2D eigenvalue weighted by Gasteiger charge is 2.34. The highest BCUT2D eigenvalue weighted by atomic mass is 16.6. The molecule has 8 heteroatoms. The van der Waals surface area contributed by atoms with E-state index in [-0.39, 0.29) is 29.5 Å². The molecule has 2 aliphatic rings. The van der Waals surface area contributed by atoms with Gasteiger partial charge in [0.15, 0.2) is 0 Å². The van der Waals surface area contributed by atoms with Crippen LogP contribution in [0, 0.1) is 16.0 Å². The number of carbonyl (C=O) groups excluding carboxylic acids is 2. The van der Waals surface area contributed by atoms with Crippen LogP contribution in [0.1, 0.15) is 62.7 Å². The lowest BCUT2D eigenvalue weighted by molar-refractivity contribution is -0.384. The van der Waals surface area contributed by atoms with Crippen LogP contribution in [0.25, 0.3) is 0 Å². The molecule has 2 amide bonds. The molecule has 2 fully saturated rings. The van der Waals surface area contributed by atoms with Gasteiger partial charge in [-0.05, 0) is 51.2 Å². The third-order valence-electron chi connectivity index (χ3n) is 6.21. The third kappa shape index (κ3) is 4.91. The molecule has 2 saturated heterocycles. The first-order valence-electron chi connectivity index (χ1n) is 11.0. The maximum absolute atomic E-state index is 13.2. The number of amides is 2. The number of piperidine rings is 1. The first-order chi connectivity index (χ1) is 14.4. The highest BCUT2D eigenvalue weighted by molar-refractivity contribution is 5.96. The number of nitrogens with zero attached hydrogens (tertiary/aromatic N) is 3. The summed E-state index contributed by atoms with van der Waals surface area (Å²) in [5.41, 5.74) is 0.860. The fourth-order valence-electron chi connectivity index (χ4n) is 4.33. The summed E-state index contributed by atoms with van der Waals surface area (Å²) in [6.07, 6.45) is 5.47. The van der Waals surface area contributed by atoms with Gasteiger partial charge in [-0.15, -0.1) is 0 Å². The summed E-state index contributed by atoms with van der Waals surface area (Å²) in [7, 11) is 0. The Labute approximate surface area is 177 Å². The Hall–Kier alpha value is -2.64. The van der Waals surface area contributed by atoms with Crippen LogP contribution in [-0.4, -0.2) is 53.9 Å². The second kappa shape index (κ2) is 9.91. The number of nitro groups is 1. The zero-order chi connectivity index (χ0) is 21.7. The van der Waals surface area contributed by atoms with E-state index in [1.807, 2.05) is 11.8 Å². The largest absolute Gasteiger partial charge is 0.366 e. The van der Waals surface area contributed by atoms with E-state index in [1.54, 1.807) is 17.0 Å². The lowest BCUT2D eigenvalue weighted by atomic mass is 9.92. The number of benzene rings is 1. The molecule has 1 N–H and O–H groups in total. The summed E-state index contributed by atoms with van der Waals surface area (Å²) in [6, 6.07) is 4.77. The van der Waals surface area contributed by atoms with E-state index in [0.717, 1.165) is 51.6 Å². The van der Waals surface area contributed by atoms with Gasteiger partial charge in [-0.3, -0.25) is 19.7 Å². The van der Waals surface area contributed by atoms with Crippen molar-refractivity contribution in [2.75, 3.05) is 31.1 Å². The number of hydrogen-bond donors (Lipinski definition) is 1. The molecule has 3 rings (SSSR count). The van der Waals surface area contributed by atoms with E-state index < -0.39 is 4.92 Å². The minimum absolute atomic E-state index is 0.00509. The van der Waals surface area contributed by atoms with Gasteiger partial charge in [0.05, 0.1) is 10.8 Å². The minimum Gasteiger partial charge on any atom is -0.366 e. The molecule has 2 unspecified atom stereocenters. The first-order valence-corrected chi connectivity index (χ1v) is 11.0. The van der Waals surface area contributed by atoms with E-state index in [9.17, 15) is 19.7 Å². The fraction of sp³-hybridized carbons (Fsp3) is 0.636. The van der Waals surface area contributed by atoms with Crippen molar-refractivity contribution >= 4 is 23.2 Å². The van der Waals surface area contributed by atoms with Crippen LogP contribution in [-0.2, 0) is 4.79 Å². The molecule has 2 aliphatic heterocycles. The predicted octanol–water partition coefficient (Wildman–Crippen LogP) is 3.35. The van der Waals surface area contributed by atoms with Gasteiger partial charge in [0.2, 0.25) is 5.91 Å². The quantitative estimate of drug-likeness (QED) is 0.418. The Morgan fingerprint density at radius 2 is 1.97 bits per heavy atom. The van der Waals surface area contributed by atoms with Crippen LogP contribution in [0.15, 0.2) is 18.2 Å². The van der Waals surface area contributed by atoms with Crippen LogP contribution in [0.4, 0.5) is 11.4 Å². The minimum atomic E-state index is -0.409. The first kappa shape index (κ1) is 22.1. The topological polar surface area (TPSA) is 95.8 Å². The predicted molar refractivity (Wildman–Crippen MR) is 116 cm³/mol. The van der Waals surface area contributed by atoms with Crippen molar-refractivity contribution in [3.8, 4) is 0 Å². The van der Waals surface area contributed by atoms with Crippen LogP contribution >= 0.6 is 0 Å². The normalized spacial score (nSPS) is 21.5. The molecule has 0 aromatic heterocycles. The van der Waals surface area contributed by atoms with Crippen LogP contribution in [0.5, 0.6) is 0 Å². The SMILES string of the molecule is CCCCNC(=O)C1CCC(C)N(C(=O)c2ccc(N3CCCC3)c([N+](=O)[O-])c2)C1. The van der Waals surface area contributed by atoms with Gasteiger partial charge < -0.3 is 15.1 Å². The fourth-order valence-corrected chi connectivity index (χ4v) is 4.33. The van der Waals surface area contributed by atoms with Crippen molar-refractivity contribution in [2.45, 2.75) is 58.4 Å². The number of likely N-dealkylation sites (tertiary alicyclic amines) is 1. The van der Waals surface area contributed by atoms with Crippen molar-refractivity contribution in [1.82, 2.24) is 10.2 Å². The lowest BCUT2D eigenvalue weighted by Gasteiger charge is -2.37. The summed E-state index contributed by atoms with van der Waals surface area (Å²) in [5, 5.41) is 14.6. The second-order valence-electron chi connectivity index (χ2n) is 8.38. The number of carbonyl (C=O) groups is 2. The number of hydrogen-bond acceptors (Lipinski definition) is 5. The van der Waals surface area contributed by atoms with E-state index in [1.165, 1.54) is 6.07 Å². The van der Waals surface area contributed by atoms with Crippen molar-refractivity contribution < 1.29 is 14.5 Å². The standard InChI is InChI=1S/C22H32N4O4/c1-3-4-11-23-21(27)18-8-7-16(2)25(15-18)22(28)17-9-10-19(20(14-17)26(29)30)24-12-5-6-13-24/h9-10,14,16,18H,3-8,11-13,15H2,1-2H3,(H,23,27). The number of nitro benzene ring substituents is 1. The average molecular weight is 417 g/mol. The zero-order valence-electron chi connectivity index (χ0n) is 17.9. The van der Waals surface area contributed by atoms with E-state index in [0.29, 0.717) is 24.3 Å². The van der Waals surface area contributed by atoms with Gasteiger partial charge in [-0.1, -0.05) is 13.3 Å². The average Bonchev–Trinajstić information content (AvgIpc) is 3.28. The monoisotopic (exact) mass is 416 g/mol. The molecular formula is C22H32N4O4. The summed E-state index contributed by atoms with van der Waals surface area (Å²) in [4.78, 5) is 40.6. The number of nitrogens with one attached hydrogen (secondary N) is 1. The van der Waals surface area contributed by atoms with Gasteiger partial charge >= 0.3 is 0 Å². The Kier molecular flexibility index (Phi) is 7.29. The molecular weight excluding hydrogens is 384 g/mol. The van der Waals surface area contributed by atoms with E-state index >= 15 is 0 Å². The van der Waals surface area contributed by atoms with Crippen LogP contribution in [0.2, 0.25) is 0 Å². The van der Waals surface area contributed by atoms with Gasteiger partial charge in [-0.25, -0.2) is 0 Å². The van der Waals surface area contributed by atoms with Crippen LogP contribution in [0.3, 0.4) is 0 Å². The molecule has 0 aliphatic carbocycles. The molecule has 0 saturated carbocycles. The summed E-state index contributed by atoms with van der Waals surface area (Å²) < 4.78 is 0. The summed E-state index contributed by atoms with van der Waals surface area (Å²) >= 11 is 0. The van der Waals surface area contributed by atoms with Crippen molar-refractivity contribution in [2.24, 2.45) is 5.92 Å². The van der Waals surface area contributed by atoms with Gasteiger partial charge in [0.25, 0.3) is 11.6 Å². The Bertz CT molecular complexity index is 791. The zero-order valence-corrected chi connectivity index (χ0v) is 17.9. The number of unbranched alkanes of at least 4 members (excludes halogenated alkanes) is 1. The number of rotatable bonds is 7. The summed E-state index contributed by atoms with van der Waals surface area (Å²) in [6.45, 7) is 6.64. The molecule has 0 spiro atoms. The molecule has 2 atom stereocenters. The molecule has 1 aromatic rings.